The quantitative estimate of drug-likeness (QED) is 0.872. The molecule has 5 nitrogen and oxygen atoms in total. The number of ether oxygens (including phenoxy) is 1. The third kappa shape index (κ3) is 3.82. The molecule has 1 aromatic rings. The lowest BCUT2D eigenvalue weighted by Crippen LogP contribution is -2.33. The van der Waals surface area contributed by atoms with Crippen molar-refractivity contribution in [2.45, 2.75) is 32.3 Å². The third-order valence-electron chi connectivity index (χ3n) is 4.00. The lowest BCUT2D eigenvalue weighted by molar-refractivity contribution is 0.0683. The number of nitrogens with one attached hydrogen (secondary N) is 1. The van der Waals surface area contributed by atoms with Crippen molar-refractivity contribution in [1.29, 1.82) is 0 Å². The predicted molar refractivity (Wildman–Crippen MR) is 78.6 cm³/mol. The molecular formula is C16H21NO4. The molecule has 0 aliphatic heterocycles. The Kier molecular flexibility index (Phi) is 4.96. The van der Waals surface area contributed by atoms with Gasteiger partial charge >= 0.3 is 5.97 Å². The molecule has 5 heteroatoms. The Balaban J connectivity index is 2.02. The number of methoxy groups -OCH3 is 1. The number of rotatable bonds is 5. The van der Waals surface area contributed by atoms with E-state index < -0.39 is 5.97 Å². The highest BCUT2D eigenvalue weighted by Gasteiger charge is 2.27. The van der Waals surface area contributed by atoms with Gasteiger partial charge < -0.3 is 15.2 Å². The average molecular weight is 291 g/mol. The lowest BCUT2D eigenvalue weighted by atomic mass is 10.0. The maximum Gasteiger partial charge on any atom is 0.335 e. The molecule has 0 aromatic heterocycles. The minimum atomic E-state index is -1.03. The number of aromatic carboxylic acids is 1. The van der Waals surface area contributed by atoms with E-state index in [9.17, 15) is 9.59 Å². The zero-order valence-electron chi connectivity index (χ0n) is 12.4. The van der Waals surface area contributed by atoms with Crippen molar-refractivity contribution in [3.8, 4) is 0 Å². The number of carbonyl (C=O) groups excluding carboxylic acids is 1. The molecule has 0 saturated heterocycles. The largest absolute Gasteiger partial charge is 0.478 e. The first kappa shape index (κ1) is 15.5. The van der Waals surface area contributed by atoms with Crippen LogP contribution >= 0.6 is 0 Å². The maximum atomic E-state index is 12.2. The van der Waals surface area contributed by atoms with E-state index in [1.807, 2.05) is 0 Å². The van der Waals surface area contributed by atoms with Crippen LogP contribution in [-0.4, -0.2) is 36.7 Å². The number of hydrogen-bond donors (Lipinski definition) is 2. The van der Waals surface area contributed by atoms with E-state index in [4.69, 9.17) is 9.84 Å². The molecule has 1 fully saturated rings. The van der Waals surface area contributed by atoms with Crippen LogP contribution in [0.15, 0.2) is 18.2 Å². The van der Waals surface area contributed by atoms with E-state index in [1.54, 1.807) is 26.2 Å². The highest BCUT2D eigenvalue weighted by molar-refractivity contribution is 5.97. The smallest absolute Gasteiger partial charge is 0.335 e. The fraction of sp³-hybridized carbons (Fsp3) is 0.500. The summed E-state index contributed by atoms with van der Waals surface area (Å²) >= 11 is 0. The Morgan fingerprint density at radius 1 is 1.29 bits per heavy atom. The summed E-state index contributed by atoms with van der Waals surface area (Å²) < 4.78 is 5.40. The summed E-state index contributed by atoms with van der Waals surface area (Å²) in [7, 11) is 1.70. The molecule has 1 aliphatic rings. The van der Waals surface area contributed by atoms with Crippen LogP contribution in [0.2, 0.25) is 0 Å². The number of benzene rings is 1. The van der Waals surface area contributed by atoms with Gasteiger partial charge in [0.15, 0.2) is 0 Å². The van der Waals surface area contributed by atoms with Crippen LogP contribution in [0.5, 0.6) is 0 Å². The summed E-state index contributed by atoms with van der Waals surface area (Å²) in [4.78, 5) is 23.2. The van der Waals surface area contributed by atoms with Crippen LogP contribution < -0.4 is 5.32 Å². The van der Waals surface area contributed by atoms with Gasteiger partial charge in [-0.05, 0) is 43.5 Å². The van der Waals surface area contributed by atoms with Gasteiger partial charge in [0, 0.05) is 25.1 Å². The van der Waals surface area contributed by atoms with Crippen molar-refractivity contribution in [1.82, 2.24) is 5.32 Å². The predicted octanol–water partition coefficient (Wildman–Crippen LogP) is 2.24. The first-order valence-electron chi connectivity index (χ1n) is 7.17. The first-order chi connectivity index (χ1) is 10.0. The van der Waals surface area contributed by atoms with Gasteiger partial charge in [0.2, 0.25) is 0 Å². The number of carboxylic acid groups (broad SMARTS) is 1. The molecular weight excluding hydrogens is 270 g/mol. The number of amides is 1. The minimum absolute atomic E-state index is 0.135. The SMILES string of the molecule is COC1CCCC1CNC(=O)c1cc(C)cc(C(=O)O)c1. The number of carbonyl (C=O) groups is 2. The summed E-state index contributed by atoms with van der Waals surface area (Å²) in [5.41, 5.74) is 1.28. The van der Waals surface area contributed by atoms with Gasteiger partial charge in [-0.1, -0.05) is 6.42 Å². The summed E-state index contributed by atoms with van der Waals surface area (Å²) in [5.74, 6) is -0.923. The zero-order chi connectivity index (χ0) is 15.4. The summed E-state index contributed by atoms with van der Waals surface area (Å²) in [5, 5.41) is 11.9. The molecule has 0 heterocycles. The molecule has 0 spiro atoms. The molecule has 2 unspecified atom stereocenters. The molecule has 1 aromatic carbocycles. The van der Waals surface area contributed by atoms with E-state index in [2.05, 4.69) is 5.32 Å². The van der Waals surface area contributed by atoms with Gasteiger partial charge in [-0.3, -0.25) is 4.79 Å². The molecule has 21 heavy (non-hydrogen) atoms. The van der Waals surface area contributed by atoms with Crippen molar-refractivity contribution >= 4 is 11.9 Å². The molecule has 0 bridgehead atoms. The van der Waals surface area contributed by atoms with Gasteiger partial charge in [-0.15, -0.1) is 0 Å². The zero-order valence-corrected chi connectivity index (χ0v) is 12.4. The molecule has 0 radical (unpaired) electrons. The fourth-order valence-electron chi connectivity index (χ4n) is 2.91. The third-order valence-corrected chi connectivity index (χ3v) is 4.00. The van der Waals surface area contributed by atoms with E-state index in [0.717, 1.165) is 24.8 Å². The van der Waals surface area contributed by atoms with Crippen molar-refractivity contribution in [3.63, 3.8) is 0 Å². The van der Waals surface area contributed by atoms with Crippen LogP contribution in [0, 0.1) is 12.8 Å². The molecule has 2 atom stereocenters. The van der Waals surface area contributed by atoms with E-state index in [-0.39, 0.29) is 17.6 Å². The van der Waals surface area contributed by atoms with Crippen LogP contribution in [0.1, 0.15) is 45.5 Å². The van der Waals surface area contributed by atoms with Crippen molar-refractivity contribution in [2.75, 3.05) is 13.7 Å². The number of aryl methyl sites for hydroxylation is 1. The van der Waals surface area contributed by atoms with Crippen LogP contribution in [0.4, 0.5) is 0 Å². The fourth-order valence-corrected chi connectivity index (χ4v) is 2.91. The highest BCUT2D eigenvalue weighted by atomic mass is 16.5. The van der Waals surface area contributed by atoms with Gasteiger partial charge in [-0.25, -0.2) is 4.79 Å². The van der Waals surface area contributed by atoms with E-state index in [1.165, 1.54) is 6.07 Å². The monoisotopic (exact) mass is 291 g/mol. The highest BCUT2D eigenvalue weighted by Crippen LogP contribution is 2.27. The Hall–Kier alpha value is -1.88. The number of hydrogen-bond acceptors (Lipinski definition) is 3. The minimum Gasteiger partial charge on any atom is -0.478 e. The van der Waals surface area contributed by atoms with Crippen molar-refractivity contribution < 1.29 is 19.4 Å². The van der Waals surface area contributed by atoms with Crippen LogP contribution in [0.25, 0.3) is 0 Å². The Morgan fingerprint density at radius 3 is 2.67 bits per heavy atom. The molecule has 2 rings (SSSR count). The van der Waals surface area contributed by atoms with Crippen molar-refractivity contribution in [2.24, 2.45) is 5.92 Å². The van der Waals surface area contributed by atoms with Gasteiger partial charge in [0.25, 0.3) is 5.91 Å². The maximum absolute atomic E-state index is 12.2. The van der Waals surface area contributed by atoms with Crippen LogP contribution in [-0.2, 0) is 4.74 Å². The lowest BCUT2D eigenvalue weighted by Gasteiger charge is -2.18. The molecule has 1 saturated carbocycles. The summed E-state index contributed by atoms with van der Waals surface area (Å²) in [6.45, 7) is 2.34. The van der Waals surface area contributed by atoms with Gasteiger partial charge in [0.05, 0.1) is 11.7 Å². The second kappa shape index (κ2) is 6.72. The Bertz CT molecular complexity index is 541. The van der Waals surface area contributed by atoms with Crippen molar-refractivity contribution in [3.05, 3.63) is 34.9 Å². The first-order valence-corrected chi connectivity index (χ1v) is 7.17. The molecule has 114 valence electrons. The second-order valence-corrected chi connectivity index (χ2v) is 5.57. The number of carboxylic acids is 1. The summed E-state index contributed by atoms with van der Waals surface area (Å²) in [6, 6.07) is 4.66. The molecule has 1 amide bonds. The van der Waals surface area contributed by atoms with Crippen LogP contribution in [0.3, 0.4) is 0 Å². The average Bonchev–Trinajstić information content (AvgIpc) is 2.91. The molecule has 2 N–H and O–H groups in total. The standard InChI is InChI=1S/C16H21NO4/c1-10-6-12(8-13(7-10)16(19)20)15(18)17-9-11-4-3-5-14(11)21-2/h6-8,11,14H,3-5,9H2,1-2H3,(H,17,18)(H,19,20). The van der Waals surface area contributed by atoms with Gasteiger partial charge in [0.1, 0.15) is 0 Å². The second-order valence-electron chi connectivity index (χ2n) is 5.57. The normalized spacial score (nSPS) is 21.2. The van der Waals surface area contributed by atoms with E-state index in [0.29, 0.717) is 18.0 Å². The van der Waals surface area contributed by atoms with Gasteiger partial charge in [-0.2, -0.15) is 0 Å². The van der Waals surface area contributed by atoms with E-state index >= 15 is 0 Å². The Morgan fingerprint density at radius 2 is 2.00 bits per heavy atom. The molecule has 1 aliphatic carbocycles. The Labute approximate surface area is 124 Å². The topological polar surface area (TPSA) is 75.6 Å². The summed E-state index contributed by atoms with van der Waals surface area (Å²) in [6.07, 6.45) is 3.40.